The molecule has 0 aliphatic carbocycles. The Morgan fingerprint density at radius 2 is 1.96 bits per heavy atom. The van der Waals surface area contributed by atoms with Crippen LogP contribution in [-0.2, 0) is 0 Å². The van der Waals surface area contributed by atoms with Gasteiger partial charge in [-0.2, -0.15) is 0 Å². The van der Waals surface area contributed by atoms with Crippen molar-refractivity contribution in [3.8, 4) is 0 Å². The van der Waals surface area contributed by atoms with Crippen molar-refractivity contribution in [3.05, 3.63) is 69.5 Å². The van der Waals surface area contributed by atoms with Crippen LogP contribution in [0, 0.1) is 6.92 Å². The van der Waals surface area contributed by atoms with Gasteiger partial charge in [-0.25, -0.2) is 4.98 Å². The first kappa shape index (κ1) is 14.6. The van der Waals surface area contributed by atoms with Gasteiger partial charge in [0.2, 0.25) is 0 Å². The predicted molar refractivity (Wildman–Crippen MR) is 96.9 cm³/mol. The summed E-state index contributed by atoms with van der Waals surface area (Å²) in [7, 11) is 0. The first-order valence-electron chi connectivity index (χ1n) is 7.41. The molecule has 0 saturated heterocycles. The summed E-state index contributed by atoms with van der Waals surface area (Å²) in [6.45, 7) is 1.86. The maximum absolute atomic E-state index is 12.5. The van der Waals surface area contributed by atoms with Gasteiger partial charge >= 0.3 is 0 Å². The molecule has 0 saturated carbocycles. The Kier molecular flexibility index (Phi) is 3.39. The Balaban J connectivity index is 1.80. The molecule has 0 fully saturated rings. The standard InChI is InChI=1S/C18H13N3O2S/c1-10-5-4-8-15(19-10)21-18(23)14-9-12-16(24-14)11-6-2-3-7-13(11)20-17(12)22/h2-9H,1H3,(H,20,22)(H,19,21,23). The zero-order chi connectivity index (χ0) is 16.7. The van der Waals surface area contributed by atoms with Crippen molar-refractivity contribution in [2.24, 2.45) is 0 Å². The minimum absolute atomic E-state index is 0.187. The van der Waals surface area contributed by atoms with Crippen molar-refractivity contribution in [3.63, 3.8) is 0 Å². The second-order valence-electron chi connectivity index (χ2n) is 5.47. The molecule has 0 atom stereocenters. The van der Waals surface area contributed by atoms with E-state index in [9.17, 15) is 9.59 Å². The number of H-pyrrole nitrogens is 1. The number of hydrogen-bond acceptors (Lipinski definition) is 4. The highest BCUT2D eigenvalue weighted by Crippen LogP contribution is 2.29. The minimum atomic E-state index is -0.266. The maximum Gasteiger partial charge on any atom is 0.266 e. The number of fused-ring (bicyclic) bond motifs is 3. The van der Waals surface area contributed by atoms with Gasteiger partial charge in [0.15, 0.2) is 0 Å². The van der Waals surface area contributed by atoms with Crippen molar-refractivity contribution >= 4 is 44.1 Å². The molecule has 0 aliphatic rings. The van der Waals surface area contributed by atoms with E-state index < -0.39 is 0 Å². The monoisotopic (exact) mass is 335 g/mol. The molecule has 24 heavy (non-hydrogen) atoms. The normalized spacial score (nSPS) is 11.0. The number of benzene rings is 1. The quantitative estimate of drug-likeness (QED) is 0.586. The summed E-state index contributed by atoms with van der Waals surface area (Å²) in [5.74, 6) is 0.231. The number of aromatic nitrogens is 2. The molecule has 3 aromatic heterocycles. The van der Waals surface area contributed by atoms with Crippen molar-refractivity contribution < 1.29 is 4.79 Å². The van der Waals surface area contributed by atoms with Crippen LogP contribution in [0.1, 0.15) is 15.4 Å². The lowest BCUT2D eigenvalue weighted by Gasteiger charge is -2.02. The van der Waals surface area contributed by atoms with Gasteiger partial charge in [-0.1, -0.05) is 24.3 Å². The summed E-state index contributed by atoms with van der Waals surface area (Å²) in [6, 6.07) is 14.6. The SMILES string of the molecule is Cc1cccc(NC(=O)c2cc3c(=O)[nH]c4ccccc4c3s2)n1. The minimum Gasteiger partial charge on any atom is -0.321 e. The topological polar surface area (TPSA) is 74.8 Å². The van der Waals surface area contributed by atoms with Crippen molar-refractivity contribution in [1.82, 2.24) is 9.97 Å². The van der Waals surface area contributed by atoms with Crippen LogP contribution >= 0.6 is 11.3 Å². The van der Waals surface area contributed by atoms with E-state index in [2.05, 4.69) is 15.3 Å². The van der Waals surface area contributed by atoms with E-state index in [1.165, 1.54) is 11.3 Å². The smallest absolute Gasteiger partial charge is 0.266 e. The molecule has 1 aromatic carbocycles. The number of carbonyl (C=O) groups excluding carboxylic acids is 1. The molecule has 118 valence electrons. The molecule has 5 nitrogen and oxygen atoms in total. The number of rotatable bonds is 2. The van der Waals surface area contributed by atoms with E-state index in [4.69, 9.17) is 0 Å². The van der Waals surface area contributed by atoms with Gasteiger partial charge in [0, 0.05) is 21.3 Å². The lowest BCUT2D eigenvalue weighted by atomic mass is 10.2. The van der Waals surface area contributed by atoms with Gasteiger partial charge in [0.05, 0.1) is 10.3 Å². The molecule has 2 N–H and O–H groups in total. The van der Waals surface area contributed by atoms with Crippen LogP contribution in [0.25, 0.3) is 21.0 Å². The van der Waals surface area contributed by atoms with Crippen LogP contribution in [0.3, 0.4) is 0 Å². The molecule has 3 heterocycles. The van der Waals surface area contributed by atoms with Crippen LogP contribution in [0.15, 0.2) is 53.3 Å². The van der Waals surface area contributed by atoms with Crippen molar-refractivity contribution in [1.29, 1.82) is 0 Å². The highest BCUT2D eigenvalue weighted by Gasteiger charge is 2.15. The van der Waals surface area contributed by atoms with E-state index in [0.717, 1.165) is 21.3 Å². The first-order chi connectivity index (χ1) is 11.6. The molecule has 4 aromatic rings. The van der Waals surface area contributed by atoms with E-state index in [1.807, 2.05) is 43.3 Å². The van der Waals surface area contributed by atoms with Gasteiger partial charge in [0.25, 0.3) is 11.5 Å². The molecule has 0 aliphatic heterocycles. The first-order valence-corrected chi connectivity index (χ1v) is 8.23. The average molecular weight is 335 g/mol. The molecular weight excluding hydrogens is 322 g/mol. The number of carbonyl (C=O) groups is 1. The molecule has 0 spiro atoms. The van der Waals surface area contributed by atoms with Crippen LogP contribution in [0.2, 0.25) is 0 Å². The number of para-hydroxylation sites is 1. The lowest BCUT2D eigenvalue weighted by Crippen LogP contribution is -2.11. The third kappa shape index (κ3) is 2.47. The summed E-state index contributed by atoms with van der Waals surface area (Å²) in [5, 5.41) is 4.24. The van der Waals surface area contributed by atoms with E-state index in [0.29, 0.717) is 16.1 Å². The highest BCUT2D eigenvalue weighted by molar-refractivity contribution is 7.21. The molecular formula is C18H13N3O2S. The zero-order valence-electron chi connectivity index (χ0n) is 12.8. The Bertz CT molecular complexity index is 1140. The summed E-state index contributed by atoms with van der Waals surface area (Å²) in [4.78, 5) is 32.3. The van der Waals surface area contributed by atoms with Gasteiger partial charge in [0.1, 0.15) is 5.82 Å². The summed E-state index contributed by atoms with van der Waals surface area (Å²) < 4.78 is 0.816. The summed E-state index contributed by atoms with van der Waals surface area (Å²) in [6.07, 6.45) is 0. The van der Waals surface area contributed by atoms with Crippen LogP contribution in [0.4, 0.5) is 5.82 Å². The molecule has 6 heteroatoms. The maximum atomic E-state index is 12.5. The third-order valence-electron chi connectivity index (χ3n) is 3.75. The van der Waals surface area contributed by atoms with E-state index >= 15 is 0 Å². The number of amides is 1. The van der Waals surface area contributed by atoms with E-state index in [1.54, 1.807) is 12.1 Å². The third-order valence-corrected chi connectivity index (χ3v) is 4.92. The number of nitrogens with zero attached hydrogens (tertiary/aromatic N) is 1. The Hall–Kier alpha value is -2.99. The Labute approximate surface area is 141 Å². The molecule has 4 rings (SSSR count). The molecule has 0 radical (unpaired) electrons. The number of aromatic amines is 1. The summed E-state index contributed by atoms with van der Waals surface area (Å²) >= 11 is 1.31. The number of hydrogen-bond donors (Lipinski definition) is 2. The number of thiophene rings is 1. The molecule has 0 bridgehead atoms. The Morgan fingerprint density at radius 3 is 2.79 bits per heavy atom. The second kappa shape index (κ2) is 5.58. The van der Waals surface area contributed by atoms with Crippen LogP contribution in [0.5, 0.6) is 0 Å². The fraction of sp³-hybridized carbons (Fsp3) is 0.0556. The lowest BCUT2D eigenvalue weighted by molar-refractivity contribution is 0.103. The summed E-state index contributed by atoms with van der Waals surface area (Å²) in [5.41, 5.74) is 1.41. The van der Waals surface area contributed by atoms with Gasteiger partial charge in [-0.3, -0.25) is 9.59 Å². The fourth-order valence-corrected chi connectivity index (χ4v) is 3.73. The average Bonchev–Trinajstić information content (AvgIpc) is 3.01. The van der Waals surface area contributed by atoms with Crippen molar-refractivity contribution in [2.45, 2.75) is 6.92 Å². The number of nitrogens with one attached hydrogen (secondary N) is 2. The largest absolute Gasteiger partial charge is 0.321 e. The van der Waals surface area contributed by atoms with Crippen LogP contribution < -0.4 is 10.9 Å². The van der Waals surface area contributed by atoms with Crippen LogP contribution in [-0.4, -0.2) is 15.9 Å². The van der Waals surface area contributed by atoms with Crippen molar-refractivity contribution in [2.75, 3.05) is 5.32 Å². The Morgan fingerprint density at radius 1 is 1.12 bits per heavy atom. The van der Waals surface area contributed by atoms with Gasteiger partial charge in [-0.15, -0.1) is 11.3 Å². The van der Waals surface area contributed by atoms with E-state index in [-0.39, 0.29) is 11.5 Å². The fourth-order valence-electron chi connectivity index (χ4n) is 2.64. The predicted octanol–water partition coefficient (Wildman–Crippen LogP) is 3.70. The second-order valence-corrected chi connectivity index (χ2v) is 6.52. The number of pyridine rings is 2. The molecule has 1 amide bonds. The van der Waals surface area contributed by atoms with Gasteiger partial charge < -0.3 is 10.3 Å². The van der Waals surface area contributed by atoms with Gasteiger partial charge in [-0.05, 0) is 31.2 Å². The number of anilines is 1. The zero-order valence-corrected chi connectivity index (χ0v) is 13.6. The molecule has 0 unspecified atom stereocenters. The number of aryl methyl sites for hydroxylation is 1. The highest BCUT2D eigenvalue weighted by atomic mass is 32.1.